The van der Waals surface area contributed by atoms with Gasteiger partial charge in [0, 0.05) is 6.61 Å². The van der Waals surface area contributed by atoms with Gasteiger partial charge < -0.3 is 9.47 Å². The van der Waals surface area contributed by atoms with Crippen LogP contribution in [0.2, 0.25) is 0 Å². The Morgan fingerprint density at radius 1 is 0.731 bits per heavy atom. The van der Waals surface area contributed by atoms with Crippen LogP contribution < -0.4 is 0 Å². The predicted molar refractivity (Wildman–Crippen MR) is 114 cm³/mol. The average molecular weight is 359 g/mol. The van der Waals surface area contributed by atoms with Gasteiger partial charge in [-0.05, 0) is 55.4 Å². The molecule has 146 valence electrons. The van der Waals surface area contributed by atoms with E-state index >= 15 is 0 Å². The molecule has 2 heteroatoms. The monoisotopic (exact) mass is 358 g/mol. The van der Waals surface area contributed by atoms with Crippen molar-refractivity contribution in [2.24, 2.45) is 0 Å². The summed E-state index contributed by atoms with van der Waals surface area (Å²) in [7, 11) is 0. The van der Waals surface area contributed by atoms with Crippen molar-refractivity contribution < 1.29 is 9.47 Å². The molecule has 0 N–H and O–H groups in total. The summed E-state index contributed by atoms with van der Waals surface area (Å²) in [5, 5.41) is 0. The Morgan fingerprint density at radius 3 is 1.92 bits per heavy atom. The van der Waals surface area contributed by atoms with E-state index in [1.165, 1.54) is 54.4 Å². The van der Waals surface area contributed by atoms with E-state index in [9.17, 15) is 0 Å². The molecule has 0 fully saturated rings. The van der Waals surface area contributed by atoms with E-state index < -0.39 is 0 Å². The Kier molecular flexibility index (Phi) is 12.9. The van der Waals surface area contributed by atoms with Gasteiger partial charge in [0.15, 0.2) is 0 Å². The van der Waals surface area contributed by atoms with Crippen LogP contribution in [-0.4, -0.2) is 26.4 Å². The summed E-state index contributed by atoms with van der Waals surface area (Å²) in [6.45, 7) is 11.6. The van der Waals surface area contributed by atoms with Crippen molar-refractivity contribution in [1.29, 1.82) is 0 Å². The molecular weight excluding hydrogens is 320 g/mol. The normalized spacial score (nSPS) is 12.6. The number of rotatable bonds is 14. The predicted octanol–water partition coefficient (Wildman–Crippen LogP) is 6.91. The molecule has 1 rings (SSSR count). The van der Waals surface area contributed by atoms with Gasteiger partial charge in [-0.1, -0.05) is 69.5 Å². The Hall–Kier alpha value is -1.38. The number of unbranched alkanes of at least 4 members (excludes halogenated alkanes) is 4. The first-order valence-electron chi connectivity index (χ1n) is 10.3. The van der Waals surface area contributed by atoms with E-state index in [-0.39, 0.29) is 0 Å². The molecule has 0 aromatic heterocycles. The highest BCUT2D eigenvalue weighted by Crippen LogP contribution is 2.20. The van der Waals surface area contributed by atoms with E-state index in [4.69, 9.17) is 9.47 Å². The van der Waals surface area contributed by atoms with Crippen molar-refractivity contribution in [3.8, 4) is 0 Å². The Bertz CT molecular complexity index is 526. The van der Waals surface area contributed by atoms with Crippen LogP contribution in [0.5, 0.6) is 0 Å². The van der Waals surface area contributed by atoms with E-state index in [2.05, 4.69) is 64.1 Å². The smallest absolute Gasteiger partial charge is 0.0704 e. The van der Waals surface area contributed by atoms with Gasteiger partial charge >= 0.3 is 0 Å². The Morgan fingerprint density at radius 2 is 1.31 bits per heavy atom. The van der Waals surface area contributed by atoms with Crippen molar-refractivity contribution in [2.45, 2.75) is 66.2 Å². The fourth-order valence-corrected chi connectivity index (χ4v) is 2.68. The van der Waals surface area contributed by atoms with Gasteiger partial charge in [-0.25, -0.2) is 0 Å². The first-order valence-corrected chi connectivity index (χ1v) is 10.3. The topological polar surface area (TPSA) is 18.5 Å². The van der Waals surface area contributed by atoms with E-state index in [0.717, 1.165) is 13.0 Å². The first-order chi connectivity index (χ1) is 12.7. The zero-order valence-corrected chi connectivity index (χ0v) is 17.4. The molecule has 0 aliphatic rings. The summed E-state index contributed by atoms with van der Waals surface area (Å²) in [6.07, 6.45) is 11.9. The van der Waals surface area contributed by atoms with Gasteiger partial charge in [0.1, 0.15) is 0 Å². The highest BCUT2D eigenvalue weighted by atomic mass is 16.5. The van der Waals surface area contributed by atoms with Gasteiger partial charge in [0.05, 0.1) is 19.8 Å². The van der Waals surface area contributed by atoms with Crippen LogP contribution in [0.1, 0.15) is 77.3 Å². The highest BCUT2D eigenvalue weighted by molar-refractivity contribution is 5.68. The molecule has 0 aliphatic heterocycles. The summed E-state index contributed by atoms with van der Waals surface area (Å²) >= 11 is 0. The number of hydrogen-bond acceptors (Lipinski definition) is 2. The quantitative estimate of drug-likeness (QED) is 0.336. The van der Waals surface area contributed by atoms with Crippen LogP contribution in [0.15, 0.2) is 36.4 Å². The van der Waals surface area contributed by atoms with E-state index in [0.29, 0.717) is 19.8 Å². The minimum Gasteiger partial charge on any atom is -0.379 e. The molecule has 0 heterocycles. The lowest BCUT2D eigenvalue weighted by Crippen LogP contribution is -2.05. The van der Waals surface area contributed by atoms with Crippen LogP contribution in [0, 0.1) is 0 Å². The fraction of sp³-hybridized carbons (Fsp3) is 0.583. The van der Waals surface area contributed by atoms with Gasteiger partial charge in [-0.3, -0.25) is 0 Å². The van der Waals surface area contributed by atoms with Gasteiger partial charge in [0.25, 0.3) is 0 Å². The standard InChI is InChI=1S/C24H38O2/c1-5-7-9-10-11-21(3)23-12-14-24(15-13-23)22(4)16-18-26-20-19-25-17-8-6-2/h11-16H,5-10,17-20H2,1-4H3/b21-11+,22-16+. The van der Waals surface area contributed by atoms with Crippen molar-refractivity contribution in [2.75, 3.05) is 26.4 Å². The second kappa shape index (κ2) is 14.8. The molecule has 0 radical (unpaired) electrons. The molecule has 0 atom stereocenters. The lowest BCUT2D eigenvalue weighted by molar-refractivity contribution is 0.0573. The number of benzene rings is 1. The molecule has 0 bridgehead atoms. The second-order valence-electron chi connectivity index (χ2n) is 6.89. The highest BCUT2D eigenvalue weighted by Gasteiger charge is 1.99. The fourth-order valence-electron chi connectivity index (χ4n) is 2.68. The van der Waals surface area contributed by atoms with Crippen LogP contribution in [0.25, 0.3) is 11.1 Å². The largest absolute Gasteiger partial charge is 0.379 e. The zero-order valence-electron chi connectivity index (χ0n) is 17.4. The van der Waals surface area contributed by atoms with E-state index in [1.807, 2.05) is 0 Å². The van der Waals surface area contributed by atoms with Gasteiger partial charge in [-0.15, -0.1) is 0 Å². The zero-order chi connectivity index (χ0) is 19.0. The van der Waals surface area contributed by atoms with Crippen molar-refractivity contribution >= 4 is 11.1 Å². The van der Waals surface area contributed by atoms with Crippen LogP contribution >= 0.6 is 0 Å². The third kappa shape index (κ3) is 9.94. The molecule has 0 unspecified atom stereocenters. The molecule has 1 aromatic carbocycles. The number of hydrogen-bond donors (Lipinski definition) is 0. The number of allylic oxidation sites excluding steroid dienone is 3. The molecule has 0 saturated heterocycles. The summed E-state index contributed by atoms with van der Waals surface area (Å²) in [4.78, 5) is 0. The maximum atomic E-state index is 5.62. The summed E-state index contributed by atoms with van der Waals surface area (Å²) in [6, 6.07) is 8.86. The maximum absolute atomic E-state index is 5.62. The lowest BCUT2D eigenvalue weighted by atomic mass is 10.0. The Labute approximate surface area is 161 Å². The molecule has 0 aliphatic carbocycles. The second-order valence-corrected chi connectivity index (χ2v) is 6.89. The molecular formula is C24H38O2. The molecule has 0 spiro atoms. The number of ether oxygens (including phenoxy) is 2. The van der Waals surface area contributed by atoms with Gasteiger partial charge in [0.2, 0.25) is 0 Å². The van der Waals surface area contributed by atoms with Crippen molar-refractivity contribution in [3.05, 3.63) is 47.5 Å². The molecule has 0 saturated carbocycles. The van der Waals surface area contributed by atoms with Crippen LogP contribution in [-0.2, 0) is 9.47 Å². The Balaban J connectivity index is 2.37. The molecule has 26 heavy (non-hydrogen) atoms. The maximum Gasteiger partial charge on any atom is 0.0704 e. The van der Waals surface area contributed by atoms with Gasteiger partial charge in [-0.2, -0.15) is 0 Å². The third-order valence-electron chi connectivity index (χ3n) is 4.58. The average Bonchev–Trinajstić information content (AvgIpc) is 2.67. The van der Waals surface area contributed by atoms with E-state index in [1.54, 1.807) is 0 Å². The molecule has 1 aromatic rings. The third-order valence-corrected chi connectivity index (χ3v) is 4.58. The SMILES string of the molecule is CCCCC/C=C(\C)c1ccc(/C(C)=C/COCCOCCCC)cc1. The van der Waals surface area contributed by atoms with Crippen LogP contribution in [0.4, 0.5) is 0 Å². The van der Waals surface area contributed by atoms with Crippen LogP contribution in [0.3, 0.4) is 0 Å². The lowest BCUT2D eigenvalue weighted by Gasteiger charge is -2.07. The minimum atomic E-state index is 0.640. The molecule has 0 amide bonds. The molecule has 2 nitrogen and oxygen atoms in total. The minimum absolute atomic E-state index is 0.640. The first kappa shape index (κ1) is 22.7. The van der Waals surface area contributed by atoms with Crippen molar-refractivity contribution in [1.82, 2.24) is 0 Å². The summed E-state index contributed by atoms with van der Waals surface area (Å²) < 4.78 is 11.1. The summed E-state index contributed by atoms with van der Waals surface area (Å²) in [5.41, 5.74) is 5.21. The summed E-state index contributed by atoms with van der Waals surface area (Å²) in [5.74, 6) is 0. The van der Waals surface area contributed by atoms with Crippen molar-refractivity contribution in [3.63, 3.8) is 0 Å².